The smallest absolute Gasteiger partial charge is 0.391 e. The molecule has 2 fully saturated rings. The summed E-state index contributed by atoms with van der Waals surface area (Å²) in [7, 11) is 0. The van der Waals surface area contributed by atoms with Crippen molar-refractivity contribution in [3.8, 4) is 0 Å². The van der Waals surface area contributed by atoms with Crippen LogP contribution in [0, 0.1) is 11.3 Å². The van der Waals surface area contributed by atoms with E-state index < -0.39 is 23.9 Å². The molecule has 2 unspecified atom stereocenters. The summed E-state index contributed by atoms with van der Waals surface area (Å²) in [6.07, 6.45) is -4.05. The zero-order valence-corrected chi connectivity index (χ0v) is 13.1. The molecule has 3 nitrogen and oxygen atoms in total. The van der Waals surface area contributed by atoms with E-state index in [1.807, 2.05) is 13.8 Å². The Morgan fingerprint density at radius 2 is 2.00 bits per heavy atom. The molecular formula is C17H20F3NO2. The number of rotatable bonds is 2. The molecule has 1 aromatic carbocycles. The van der Waals surface area contributed by atoms with Crippen LogP contribution in [0.15, 0.2) is 24.3 Å². The standard InChI is InChI=1S/C17H20F3NO2/c1-16(2)8-13(16)15(23)21-9-12(22)7-14(21)10-4-3-5-11(6-10)17(18,19)20/h3-6,12-14,22H,7-9H2,1-2H3/t12?,13-,14?/m1/s1. The maximum atomic E-state index is 12.9. The van der Waals surface area contributed by atoms with E-state index >= 15 is 0 Å². The largest absolute Gasteiger partial charge is 0.416 e. The normalized spacial score (nSPS) is 29.7. The van der Waals surface area contributed by atoms with Gasteiger partial charge in [0.2, 0.25) is 5.91 Å². The van der Waals surface area contributed by atoms with E-state index in [0.29, 0.717) is 5.56 Å². The van der Waals surface area contributed by atoms with Crippen molar-refractivity contribution in [1.29, 1.82) is 0 Å². The molecule has 1 aliphatic heterocycles. The fourth-order valence-corrected chi connectivity index (χ4v) is 3.38. The number of amides is 1. The molecule has 1 N–H and O–H groups in total. The van der Waals surface area contributed by atoms with Gasteiger partial charge in [-0.25, -0.2) is 0 Å². The molecule has 1 amide bonds. The number of hydrogen-bond acceptors (Lipinski definition) is 2. The molecule has 0 radical (unpaired) electrons. The number of aliphatic hydroxyl groups excluding tert-OH is 1. The first-order valence-electron chi connectivity index (χ1n) is 7.75. The molecule has 1 heterocycles. The molecule has 0 bridgehead atoms. The number of carbonyl (C=O) groups is 1. The minimum absolute atomic E-state index is 0.0526. The number of benzene rings is 1. The number of β-amino-alcohol motifs (C(OH)–C–C–N with tert-alkyl or cyclic N) is 1. The first-order chi connectivity index (χ1) is 10.6. The zero-order valence-electron chi connectivity index (χ0n) is 13.1. The SMILES string of the molecule is CC1(C)C[C@@H]1C(=O)N1CC(O)CC1c1cccc(C(F)(F)F)c1. The molecule has 1 aliphatic carbocycles. The zero-order chi connectivity index (χ0) is 17.0. The van der Waals surface area contributed by atoms with Crippen molar-refractivity contribution in [3.05, 3.63) is 35.4 Å². The number of halogens is 3. The van der Waals surface area contributed by atoms with Gasteiger partial charge in [0.1, 0.15) is 0 Å². The summed E-state index contributed by atoms with van der Waals surface area (Å²) in [5.41, 5.74) is -0.345. The van der Waals surface area contributed by atoms with Crippen LogP contribution in [0.25, 0.3) is 0 Å². The highest BCUT2D eigenvalue weighted by atomic mass is 19.4. The van der Waals surface area contributed by atoms with Crippen LogP contribution in [0.4, 0.5) is 13.2 Å². The van der Waals surface area contributed by atoms with E-state index in [9.17, 15) is 23.1 Å². The number of aliphatic hydroxyl groups is 1. The second-order valence-electron chi connectivity index (χ2n) is 7.26. The lowest BCUT2D eigenvalue weighted by molar-refractivity contribution is -0.137. The number of alkyl halides is 3. The lowest BCUT2D eigenvalue weighted by Crippen LogP contribution is -2.34. The van der Waals surface area contributed by atoms with Crippen molar-refractivity contribution in [1.82, 2.24) is 4.90 Å². The van der Waals surface area contributed by atoms with Crippen LogP contribution < -0.4 is 0 Å². The fraction of sp³-hybridized carbons (Fsp3) is 0.588. The summed E-state index contributed by atoms with van der Waals surface area (Å²) in [6, 6.07) is 4.56. The van der Waals surface area contributed by atoms with Gasteiger partial charge in [-0.1, -0.05) is 26.0 Å². The molecule has 2 aliphatic rings. The van der Waals surface area contributed by atoms with Gasteiger partial charge in [0.25, 0.3) is 0 Å². The van der Waals surface area contributed by atoms with Crippen LogP contribution in [-0.2, 0) is 11.0 Å². The second-order valence-corrected chi connectivity index (χ2v) is 7.26. The van der Waals surface area contributed by atoms with Gasteiger partial charge in [-0.2, -0.15) is 13.2 Å². The van der Waals surface area contributed by atoms with E-state index in [1.165, 1.54) is 6.07 Å². The summed E-state index contributed by atoms with van der Waals surface area (Å²) in [4.78, 5) is 14.2. The molecule has 0 spiro atoms. The predicted octanol–water partition coefficient (Wildman–Crippen LogP) is 3.39. The topological polar surface area (TPSA) is 40.5 Å². The monoisotopic (exact) mass is 327 g/mol. The van der Waals surface area contributed by atoms with Gasteiger partial charge in [-0.3, -0.25) is 4.79 Å². The number of carbonyl (C=O) groups excluding carboxylic acids is 1. The predicted molar refractivity (Wildman–Crippen MR) is 78.4 cm³/mol. The Morgan fingerprint density at radius 3 is 2.57 bits per heavy atom. The van der Waals surface area contributed by atoms with Crippen molar-refractivity contribution < 1.29 is 23.1 Å². The van der Waals surface area contributed by atoms with Crippen LogP contribution in [0.1, 0.15) is 43.9 Å². The Hall–Kier alpha value is -1.56. The highest BCUT2D eigenvalue weighted by molar-refractivity contribution is 5.83. The third kappa shape index (κ3) is 3.09. The van der Waals surface area contributed by atoms with Gasteiger partial charge in [0.15, 0.2) is 0 Å². The van der Waals surface area contributed by atoms with E-state index in [1.54, 1.807) is 11.0 Å². The van der Waals surface area contributed by atoms with Crippen LogP contribution in [0.3, 0.4) is 0 Å². The Labute approximate surface area is 133 Å². The molecule has 3 atom stereocenters. The highest BCUT2D eigenvalue weighted by Crippen LogP contribution is 2.53. The highest BCUT2D eigenvalue weighted by Gasteiger charge is 2.53. The molecule has 1 saturated carbocycles. The van der Waals surface area contributed by atoms with Crippen molar-refractivity contribution in [2.45, 2.75) is 45.0 Å². The minimum Gasteiger partial charge on any atom is -0.391 e. The number of likely N-dealkylation sites (tertiary alicyclic amines) is 1. The van der Waals surface area contributed by atoms with Gasteiger partial charge >= 0.3 is 6.18 Å². The first-order valence-corrected chi connectivity index (χ1v) is 7.75. The van der Waals surface area contributed by atoms with Gasteiger partial charge in [0.05, 0.1) is 17.7 Å². The summed E-state index contributed by atoms with van der Waals surface area (Å²) in [5, 5.41) is 9.93. The molecular weight excluding hydrogens is 307 g/mol. The average molecular weight is 327 g/mol. The second kappa shape index (κ2) is 5.23. The van der Waals surface area contributed by atoms with E-state index in [-0.39, 0.29) is 30.2 Å². The van der Waals surface area contributed by atoms with Gasteiger partial charge in [-0.15, -0.1) is 0 Å². The Balaban J connectivity index is 1.87. The van der Waals surface area contributed by atoms with E-state index in [0.717, 1.165) is 18.6 Å². The van der Waals surface area contributed by atoms with Crippen LogP contribution >= 0.6 is 0 Å². The van der Waals surface area contributed by atoms with Crippen molar-refractivity contribution >= 4 is 5.91 Å². The third-order valence-corrected chi connectivity index (χ3v) is 4.97. The number of hydrogen-bond donors (Lipinski definition) is 1. The van der Waals surface area contributed by atoms with Gasteiger partial charge < -0.3 is 10.0 Å². The summed E-state index contributed by atoms with van der Waals surface area (Å²) >= 11 is 0. The lowest BCUT2D eigenvalue weighted by atomic mass is 10.0. The first kappa shape index (κ1) is 16.3. The van der Waals surface area contributed by atoms with Crippen molar-refractivity contribution in [2.24, 2.45) is 11.3 Å². The summed E-state index contributed by atoms with van der Waals surface area (Å²) in [6.45, 7) is 4.19. The molecule has 0 aromatic heterocycles. The van der Waals surface area contributed by atoms with Crippen molar-refractivity contribution in [2.75, 3.05) is 6.54 Å². The maximum absolute atomic E-state index is 12.9. The molecule has 1 saturated heterocycles. The molecule has 126 valence electrons. The molecule has 3 rings (SSSR count). The summed E-state index contributed by atoms with van der Waals surface area (Å²) < 4.78 is 38.7. The van der Waals surface area contributed by atoms with Gasteiger partial charge in [0, 0.05) is 12.5 Å². The van der Waals surface area contributed by atoms with E-state index in [2.05, 4.69) is 0 Å². The maximum Gasteiger partial charge on any atom is 0.416 e. The Bertz CT molecular complexity index is 627. The fourth-order valence-electron chi connectivity index (χ4n) is 3.38. The van der Waals surface area contributed by atoms with Gasteiger partial charge in [-0.05, 0) is 36.0 Å². The van der Waals surface area contributed by atoms with Crippen molar-refractivity contribution in [3.63, 3.8) is 0 Å². The molecule has 23 heavy (non-hydrogen) atoms. The van der Waals surface area contributed by atoms with Crippen LogP contribution in [0.2, 0.25) is 0 Å². The van der Waals surface area contributed by atoms with E-state index in [4.69, 9.17) is 0 Å². The Kier molecular flexibility index (Phi) is 3.71. The minimum atomic E-state index is -4.42. The summed E-state index contributed by atoms with van der Waals surface area (Å²) in [5.74, 6) is -0.157. The number of nitrogens with zero attached hydrogens (tertiary/aromatic N) is 1. The molecule has 6 heteroatoms. The quantitative estimate of drug-likeness (QED) is 0.904. The third-order valence-electron chi connectivity index (χ3n) is 4.97. The van der Waals surface area contributed by atoms with Crippen LogP contribution in [-0.4, -0.2) is 28.6 Å². The molecule has 1 aromatic rings. The lowest BCUT2D eigenvalue weighted by Gasteiger charge is -2.26. The van der Waals surface area contributed by atoms with Crippen LogP contribution in [0.5, 0.6) is 0 Å². The Morgan fingerprint density at radius 1 is 1.35 bits per heavy atom. The average Bonchev–Trinajstić information content (AvgIpc) is 2.91.